The van der Waals surface area contributed by atoms with E-state index in [1.807, 2.05) is 0 Å². The van der Waals surface area contributed by atoms with Crippen LogP contribution in [0.25, 0.3) is 11.4 Å². The Morgan fingerprint density at radius 3 is 2.65 bits per heavy atom. The summed E-state index contributed by atoms with van der Waals surface area (Å²) in [6, 6.07) is 6.75. The predicted octanol–water partition coefficient (Wildman–Crippen LogP) is 3.70. The Morgan fingerprint density at radius 1 is 1.19 bits per heavy atom. The van der Waals surface area contributed by atoms with Gasteiger partial charge >= 0.3 is 6.18 Å². The SMILES string of the molecule is CC(C)CCN[C@@H]1C[C@@H](O)[C@H](CO)[C@H]1Cc1ccnc(-c2cccc(C(F)(F)F)c2)n1. The molecular formula is C23H30F3N3O2. The molecule has 0 unspecified atom stereocenters. The molecule has 0 saturated heterocycles. The lowest BCUT2D eigenvalue weighted by Crippen LogP contribution is -2.37. The molecule has 2 aromatic rings. The van der Waals surface area contributed by atoms with Crippen LogP contribution in [-0.2, 0) is 12.6 Å². The Kier molecular flexibility index (Phi) is 7.67. The van der Waals surface area contributed by atoms with Crippen molar-refractivity contribution in [3.63, 3.8) is 0 Å². The molecule has 3 rings (SSSR count). The second-order valence-corrected chi connectivity index (χ2v) is 8.71. The van der Waals surface area contributed by atoms with E-state index >= 15 is 0 Å². The third-order valence-corrected chi connectivity index (χ3v) is 6.00. The Morgan fingerprint density at radius 2 is 1.97 bits per heavy atom. The monoisotopic (exact) mass is 437 g/mol. The van der Waals surface area contributed by atoms with Crippen molar-refractivity contribution in [3.05, 3.63) is 47.8 Å². The predicted molar refractivity (Wildman–Crippen MR) is 112 cm³/mol. The second kappa shape index (κ2) is 10.1. The highest BCUT2D eigenvalue weighted by atomic mass is 19.4. The number of aliphatic hydroxyl groups is 2. The fraction of sp³-hybridized carbons (Fsp3) is 0.565. The molecule has 31 heavy (non-hydrogen) atoms. The fourth-order valence-electron chi connectivity index (χ4n) is 4.26. The van der Waals surface area contributed by atoms with E-state index < -0.39 is 17.8 Å². The summed E-state index contributed by atoms with van der Waals surface area (Å²) in [6.45, 7) is 4.99. The number of nitrogens with one attached hydrogen (secondary N) is 1. The van der Waals surface area contributed by atoms with Crippen LogP contribution in [0, 0.1) is 17.8 Å². The van der Waals surface area contributed by atoms with Gasteiger partial charge in [0, 0.05) is 36.0 Å². The van der Waals surface area contributed by atoms with Gasteiger partial charge in [-0.3, -0.25) is 0 Å². The summed E-state index contributed by atoms with van der Waals surface area (Å²) in [6.07, 6.45) is -1.43. The first kappa shape index (κ1) is 23.6. The van der Waals surface area contributed by atoms with E-state index in [9.17, 15) is 23.4 Å². The molecule has 3 N–H and O–H groups in total. The second-order valence-electron chi connectivity index (χ2n) is 8.71. The van der Waals surface area contributed by atoms with E-state index in [1.54, 1.807) is 18.3 Å². The maximum atomic E-state index is 13.1. The number of hydrogen-bond acceptors (Lipinski definition) is 5. The van der Waals surface area contributed by atoms with Crippen molar-refractivity contribution in [2.24, 2.45) is 17.8 Å². The fourth-order valence-corrected chi connectivity index (χ4v) is 4.26. The van der Waals surface area contributed by atoms with E-state index in [2.05, 4.69) is 29.1 Å². The Hall–Kier alpha value is -2.03. The molecule has 0 aliphatic heterocycles. The van der Waals surface area contributed by atoms with Crippen molar-refractivity contribution in [2.45, 2.75) is 51.4 Å². The van der Waals surface area contributed by atoms with Gasteiger partial charge < -0.3 is 15.5 Å². The molecule has 1 aromatic heterocycles. The average molecular weight is 438 g/mol. The van der Waals surface area contributed by atoms with Crippen LogP contribution in [0.3, 0.4) is 0 Å². The molecule has 1 saturated carbocycles. The number of aliphatic hydroxyl groups excluding tert-OH is 2. The van der Waals surface area contributed by atoms with Gasteiger partial charge in [0.2, 0.25) is 0 Å². The van der Waals surface area contributed by atoms with E-state index in [0.29, 0.717) is 30.0 Å². The highest BCUT2D eigenvalue weighted by Crippen LogP contribution is 2.35. The van der Waals surface area contributed by atoms with Crippen molar-refractivity contribution in [2.75, 3.05) is 13.2 Å². The summed E-state index contributed by atoms with van der Waals surface area (Å²) in [5, 5.41) is 23.8. The molecule has 0 spiro atoms. The molecule has 5 nitrogen and oxygen atoms in total. The molecule has 1 aliphatic carbocycles. The zero-order chi connectivity index (χ0) is 22.6. The third kappa shape index (κ3) is 6.02. The van der Waals surface area contributed by atoms with Crippen molar-refractivity contribution in [1.82, 2.24) is 15.3 Å². The van der Waals surface area contributed by atoms with Gasteiger partial charge in [-0.05, 0) is 55.8 Å². The maximum absolute atomic E-state index is 13.1. The standard InChI is InChI=1S/C23H30F3N3O2/c1-14(2)6-8-27-20-12-21(31)19(13-30)18(20)11-17-7-9-28-22(29-17)15-4-3-5-16(10-15)23(24,25)26/h3-5,7,9-10,14,18-21,27,30-31H,6,8,11-13H2,1-2H3/t18-,19-,20-,21-/m1/s1. The lowest BCUT2D eigenvalue weighted by molar-refractivity contribution is -0.137. The van der Waals surface area contributed by atoms with E-state index in [0.717, 1.165) is 25.1 Å². The van der Waals surface area contributed by atoms with Crippen molar-refractivity contribution < 1.29 is 23.4 Å². The van der Waals surface area contributed by atoms with Crippen LogP contribution >= 0.6 is 0 Å². The maximum Gasteiger partial charge on any atom is 0.416 e. The lowest BCUT2D eigenvalue weighted by atomic mass is 9.88. The number of nitrogens with zero attached hydrogens (tertiary/aromatic N) is 2. The molecule has 1 heterocycles. The molecule has 170 valence electrons. The summed E-state index contributed by atoms with van der Waals surface area (Å²) in [4.78, 5) is 8.65. The Balaban J connectivity index is 1.79. The highest BCUT2D eigenvalue weighted by molar-refractivity contribution is 5.56. The number of hydrogen-bond donors (Lipinski definition) is 3. The first-order valence-corrected chi connectivity index (χ1v) is 10.7. The zero-order valence-corrected chi connectivity index (χ0v) is 17.8. The average Bonchev–Trinajstić information content (AvgIpc) is 3.01. The van der Waals surface area contributed by atoms with Crippen LogP contribution in [0.1, 0.15) is 37.9 Å². The highest BCUT2D eigenvalue weighted by Gasteiger charge is 2.42. The number of rotatable bonds is 8. The summed E-state index contributed by atoms with van der Waals surface area (Å²) in [7, 11) is 0. The minimum atomic E-state index is -4.43. The molecule has 1 fully saturated rings. The van der Waals surface area contributed by atoms with E-state index in [4.69, 9.17) is 0 Å². The molecule has 8 heteroatoms. The molecule has 4 atom stereocenters. The van der Waals surface area contributed by atoms with Gasteiger partial charge in [0.1, 0.15) is 0 Å². The van der Waals surface area contributed by atoms with Crippen molar-refractivity contribution >= 4 is 0 Å². The number of alkyl halides is 3. The van der Waals surface area contributed by atoms with Crippen molar-refractivity contribution in [1.29, 1.82) is 0 Å². The van der Waals surface area contributed by atoms with E-state index in [-0.39, 0.29) is 30.3 Å². The van der Waals surface area contributed by atoms with E-state index in [1.165, 1.54) is 6.07 Å². The Labute approximate surface area is 180 Å². The number of benzene rings is 1. The number of aromatic nitrogens is 2. The topological polar surface area (TPSA) is 78.3 Å². The molecule has 0 radical (unpaired) electrons. The zero-order valence-electron chi connectivity index (χ0n) is 17.8. The minimum absolute atomic E-state index is 0.0311. The van der Waals surface area contributed by atoms with Crippen LogP contribution in [0.2, 0.25) is 0 Å². The van der Waals surface area contributed by atoms with Gasteiger partial charge in [0.05, 0.1) is 11.7 Å². The van der Waals surface area contributed by atoms with Crippen LogP contribution in [0.15, 0.2) is 36.5 Å². The smallest absolute Gasteiger partial charge is 0.396 e. The first-order chi connectivity index (χ1) is 14.7. The minimum Gasteiger partial charge on any atom is -0.396 e. The van der Waals surface area contributed by atoms with Crippen LogP contribution < -0.4 is 5.32 Å². The van der Waals surface area contributed by atoms with Crippen LogP contribution in [-0.4, -0.2) is 45.5 Å². The molecule has 1 aromatic carbocycles. The largest absolute Gasteiger partial charge is 0.416 e. The first-order valence-electron chi connectivity index (χ1n) is 10.7. The van der Waals surface area contributed by atoms with Gasteiger partial charge in [0.15, 0.2) is 5.82 Å². The van der Waals surface area contributed by atoms with Crippen LogP contribution in [0.5, 0.6) is 0 Å². The van der Waals surface area contributed by atoms with Gasteiger partial charge in [-0.15, -0.1) is 0 Å². The summed E-state index contributed by atoms with van der Waals surface area (Å²) in [5.41, 5.74) is 0.233. The normalized spacial score (nSPS) is 24.1. The van der Waals surface area contributed by atoms with Gasteiger partial charge in [-0.2, -0.15) is 13.2 Å². The lowest BCUT2D eigenvalue weighted by Gasteiger charge is -2.25. The Bertz CT molecular complexity index is 860. The quantitative estimate of drug-likeness (QED) is 0.587. The van der Waals surface area contributed by atoms with Gasteiger partial charge in [0.25, 0.3) is 0 Å². The molecular weight excluding hydrogens is 407 g/mol. The van der Waals surface area contributed by atoms with Crippen molar-refractivity contribution in [3.8, 4) is 11.4 Å². The summed E-state index contributed by atoms with van der Waals surface area (Å²) >= 11 is 0. The van der Waals surface area contributed by atoms with Crippen LogP contribution in [0.4, 0.5) is 13.2 Å². The van der Waals surface area contributed by atoms with Gasteiger partial charge in [-0.1, -0.05) is 26.0 Å². The molecule has 0 amide bonds. The summed E-state index contributed by atoms with van der Waals surface area (Å²) < 4.78 is 39.2. The molecule has 1 aliphatic rings. The third-order valence-electron chi connectivity index (χ3n) is 6.00. The number of halogens is 3. The van der Waals surface area contributed by atoms with Gasteiger partial charge in [-0.25, -0.2) is 9.97 Å². The summed E-state index contributed by atoms with van der Waals surface area (Å²) in [5.74, 6) is 0.481. The molecule has 0 bridgehead atoms.